The van der Waals surface area contributed by atoms with Gasteiger partial charge in [-0.1, -0.05) is 18.2 Å². The van der Waals surface area contributed by atoms with Crippen LogP contribution in [-0.4, -0.2) is 29.4 Å². The Balaban J connectivity index is 0.000000491. The van der Waals surface area contributed by atoms with Gasteiger partial charge in [-0.25, -0.2) is 33.1 Å². The summed E-state index contributed by atoms with van der Waals surface area (Å²) < 4.78 is 54.7. The highest BCUT2D eigenvalue weighted by atomic mass is 35.7. The predicted molar refractivity (Wildman–Crippen MR) is 100 cm³/mol. The summed E-state index contributed by atoms with van der Waals surface area (Å²) in [5, 5.41) is 3.06. The molecule has 0 fully saturated rings. The molecule has 0 amide bonds. The number of rotatable bonds is 5. The van der Waals surface area contributed by atoms with Crippen molar-refractivity contribution in [3.63, 3.8) is 0 Å². The molecule has 3 N–H and O–H groups in total. The molecule has 3 aromatic rings. The quantitative estimate of drug-likeness (QED) is 0.330. The Morgan fingerprint density at radius 3 is 2.42 bits per heavy atom. The van der Waals surface area contributed by atoms with Crippen LogP contribution in [0.5, 0.6) is 0 Å². The molecule has 2 heterocycles. The van der Waals surface area contributed by atoms with Crippen LogP contribution in [0.25, 0.3) is 5.69 Å². The summed E-state index contributed by atoms with van der Waals surface area (Å²) in [6.07, 6.45) is 1.77. The Kier molecular flexibility index (Phi) is 7.49. The summed E-state index contributed by atoms with van der Waals surface area (Å²) in [4.78, 5) is 5.70. The van der Waals surface area contributed by atoms with Gasteiger partial charge in [0.25, 0.3) is 0 Å². The maximum Gasteiger partial charge on any atom is 0.311 e. The minimum absolute atomic E-state index is 0.0174. The monoisotopic (exact) mass is 468 g/mol. The first-order valence-electron chi connectivity index (χ1n) is 8.86. The fraction of sp³-hybridized carbons (Fsp3) is 0.158. The molecule has 0 aliphatic carbocycles. The maximum absolute atomic E-state index is 13.1. The van der Waals surface area contributed by atoms with Gasteiger partial charge in [0.15, 0.2) is 5.69 Å². The average molecular weight is 469 g/mol. The topological polar surface area (TPSA) is 160 Å². The van der Waals surface area contributed by atoms with Crippen LogP contribution in [0.3, 0.4) is 0 Å². The lowest BCUT2D eigenvalue weighted by atomic mass is 10.3. The van der Waals surface area contributed by atoms with E-state index in [1.54, 1.807) is 34.8 Å². The summed E-state index contributed by atoms with van der Waals surface area (Å²) in [5.74, 6) is 1.55. The van der Waals surface area contributed by atoms with Crippen molar-refractivity contribution in [2.75, 3.05) is 18.0 Å². The number of hydrogen-bond acceptors (Lipinski definition) is 8. The van der Waals surface area contributed by atoms with Crippen molar-refractivity contribution in [3.05, 3.63) is 72.2 Å². The molecule has 1 atom stereocenters. The van der Waals surface area contributed by atoms with Gasteiger partial charge in [-0.2, -0.15) is 0 Å². The first kappa shape index (κ1) is 23.0. The lowest BCUT2D eigenvalue weighted by molar-refractivity contribution is -2.00. The molecule has 164 valence electrons. The van der Waals surface area contributed by atoms with Crippen LogP contribution in [0, 0.1) is 16.1 Å². The van der Waals surface area contributed by atoms with Crippen molar-refractivity contribution in [2.45, 2.75) is 11.0 Å². The van der Waals surface area contributed by atoms with E-state index in [1.807, 2.05) is 18.2 Å². The Morgan fingerprint density at radius 2 is 1.77 bits per heavy atom. The highest BCUT2D eigenvalue weighted by Gasteiger charge is 2.28. The van der Waals surface area contributed by atoms with Crippen LogP contribution < -0.4 is 29.1 Å². The molecule has 1 aliphatic rings. The predicted octanol–water partition coefficient (Wildman–Crippen LogP) is -1.81. The molecule has 0 spiro atoms. The molecule has 1 aliphatic heterocycles. The normalized spacial score (nSPS) is 15.6. The number of thioether (sulfide) groups is 1. The molecule has 0 saturated carbocycles. The van der Waals surface area contributed by atoms with Crippen molar-refractivity contribution < 1.29 is 42.7 Å². The van der Waals surface area contributed by atoms with Gasteiger partial charge in [0.2, 0.25) is 5.90 Å². The number of benzene rings is 2. The number of aromatic amines is 1. The van der Waals surface area contributed by atoms with Crippen LogP contribution in [0.1, 0.15) is 5.56 Å². The van der Waals surface area contributed by atoms with Crippen molar-refractivity contribution in [2.24, 2.45) is 4.99 Å². The molecule has 0 bridgehead atoms. The molecule has 1 aromatic heterocycles. The van der Waals surface area contributed by atoms with Crippen LogP contribution in [-0.2, 0) is 4.74 Å². The Labute approximate surface area is 183 Å². The summed E-state index contributed by atoms with van der Waals surface area (Å²) in [6, 6.07) is 16.3. The van der Waals surface area contributed by atoms with Gasteiger partial charge in [-0.05, 0) is 36.4 Å². The summed E-state index contributed by atoms with van der Waals surface area (Å²) >= 11 is 1.74. The third-order valence-electron chi connectivity index (χ3n) is 4.07. The number of aromatic nitrogens is 2. The number of H-pyrrole nitrogens is 1. The van der Waals surface area contributed by atoms with Gasteiger partial charge in [0.1, 0.15) is 17.5 Å². The maximum atomic E-state index is 13.1. The number of nitrogen functional groups attached to an aromatic ring is 1. The lowest BCUT2D eigenvalue weighted by Crippen LogP contribution is -2.68. The minimum atomic E-state index is -4.94. The number of halogens is 2. The van der Waals surface area contributed by atoms with Crippen LogP contribution in [0.15, 0.2) is 70.7 Å². The van der Waals surface area contributed by atoms with E-state index in [0.717, 1.165) is 11.4 Å². The number of nitrogens with one attached hydrogen (secondary N) is 1. The number of hydrogen-bond donors (Lipinski definition) is 2. The molecule has 9 nitrogen and oxygen atoms in total. The van der Waals surface area contributed by atoms with E-state index >= 15 is 0 Å². The van der Waals surface area contributed by atoms with E-state index in [9.17, 15) is 4.39 Å². The number of aliphatic imine (C=N–C) groups is 1. The highest BCUT2D eigenvalue weighted by Crippen LogP contribution is 2.23. The second-order valence-corrected chi connectivity index (χ2v) is 8.12. The van der Waals surface area contributed by atoms with Crippen molar-refractivity contribution >= 4 is 23.5 Å². The fourth-order valence-electron chi connectivity index (χ4n) is 2.73. The fourth-order valence-corrected chi connectivity index (χ4v) is 3.63. The second kappa shape index (κ2) is 10.1. The van der Waals surface area contributed by atoms with Crippen molar-refractivity contribution in [3.8, 4) is 5.69 Å². The Morgan fingerprint density at radius 1 is 1.13 bits per heavy atom. The third kappa shape index (κ3) is 6.92. The molecule has 31 heavy (non-hydrogen) atoms. The molecule has 2 aromatic carbocycles. The summed E-state index contributed by atoms with van der Waals surface area (Å²) in [7, 11) is -4.94. The molecule has 0 saturated heterocycles. The van der Waals surface area contributed by atoms with Gasteiger partial charge >= 0.3 is 5.82 Å². The lowest BCUT2D eigenvalue weighted by Gasteiger charge is -2.17. The SMILES string of the molecule is Nc1c(C2=NCC(CSc3ccccc3)O2)c[nH][n+]1-c1ccc(F)cc1.[O-][Cl+3]([O-])([O-])[O-]. The zero-order valence-electron chi connectivity index (χ0n) is 15.9. The van der Waals surface area contributed by atoms with E-state index in [1.165, 1.54) is 17.0 Å². The standard InChI is InChI=1S/C19H17FN4OS.ClHO4/c20-13-6-8-14(9-7-13)24-18(21)17(11-23-24)19-22-10-15(25-19)12-26-16-4-2-1-3-5-16;2-1(3,4)5/h1-9,11,15H,10,12H2,(H2,21,22,23);(H,2,3,4,5). The average Bonchev–Trinajstić information content (AvgIpc) is 3.33. The number of ether oxygens (including phenoxy) is 1. The second-order valence-electron chi connectivity index (χ2n) is 6.27. The Hall–Kier alpha value is -2.67. The van der Waals surface area contributed by atoms with Crippen molar-refractivity contribution in [1.82, 2.24) is 5.10 Å². The molecular formula is C19H18ClFN4O5S. The first-order valence-corrected chi connectivity index (χ1v) is 11.1. The highest BCUT2D eigenvalue weighted by molar-refractivity contribution is 7.99. The smallest absolute Gasteiger partial charge is 0.311 e. The zero-order chi connectivity index (χ0) is 22.4. The van der Waals surface area contributed by atoms with Crippen LogP contribution in [0.2, 0.25) is 0 Å². The number of nitrogens with zero attached hydrogens (tertiary/aromatic N) is 2. The van der Waals surface area contributed by atoms with E-state index < -0.39 is 10.2 Å². The summed E-state index contributed by atoms with van der Waals surface area (Å²) in [6.45, 7) is 0.607. The Bertz CT molecular complexity index is 1020. The molecule has 4 rings (SSSR count). The van der Waals surface area contributed by atoms with Gasteiger partial charge in [0, 0.05) is 10.6 Å². The van der Waals surface area contributed by atoms with Crippen molar-refractivity contribution in [1.29, 1.82) is 0 Å². The number of nitrogens with two attached hydrogens (primary N) is 1. The van der Waals surface area contributed by atoms with E-state index in [0.29, 0.717) is 23.8 Å². The van der Waals surface area contributed by atoms with Gasteiger partial charge in [-0.3, -0.25) is 5.73 Å². The van der Waals surface area contributed by atoms with Crippen LogP contribution >= 0.6 is 11.8 Å². The molecule has 12 heteroatoms. The zero-order valence-corrected chi connectivity index (χ0v) is 17.5. The molecule has 1 unspecified atom stereocenters. The van der Waals surface area contributed by atoms with Gasteiger partial charge in [-0.15, -0.1) is 26.7 Å². The van der Waals surface area contributed by atoms with Crippen LogP contribution in [0.4, 0.5) is 10.2 Å². The largest absolute Gasteiger partial charge is 0.471 e. The van der Waals surface area contributed by atoms with Gasteiger partial charge < -0.3 is 4.74 Å². The third-order valence-corrected chi connectivity index (χ3v) is 5.21. The van der Waals surface area contributed by atoms with E-state index in [-0.39, 0.29) is 11.9 Å². The van der Waals surface area contributed by atoms with Gasteiger partial charge in [0.05, 0.1) is 12.7 Å². The molecular weight excluding hydrogens is 451 g/mol. The minimum Gasteiger partial charge on any atom is -0.471 e. The number of anilines is 1. The van der Waals surface area contributed by atoms with E-state index in [2.05, 4.69) is 22.2 Å². The first-order chi connectivity index (χ1) is 14.7. The summed E-state index contributed by atoms with van der Waals surface area (Å²) in [5.41, 5.74) is 7.69. The molecule has 0 radical (unpaired) electrons. The van der Waals surface area contributed by atoms with E-state index in [4.69, 9.17) is 29.1 Å².